The van der Waals surface area contributed by atoms with Crippen LogP contribution in [0.25, 0.3) is 0 Å². The molecule has 0 saturated carbocycles. The molecule has 2 atom stereocenters. The predicted octanol–water partition coefficient (Wildman–Crippen LogP) is 0.263. The number of amides is 2. The highest BCUT2D eigenvalue weighted by molar-refractivity contribution is 5.82. The van der Waals surface area contributed by atoms with Crippen LogP contribution >= 0.6 is 0 Å². The Morgan fingerprint density at radius 2 is 2.24 bits per heavy atom. The highest BCUT2D eigenvalue weighted by Crippen LogP contribution is 2.15. The molecule has 0 aromatic heterocycles. The number of carboxylic acid groups (broad SMARTS) is 1. The van der Waals surface area contributed by atoms with Gasteiger partial charge in [-0.05, 0) is 12.8 Å². The Hall–Kier alpha value is -1.30. The predicted molar refractivity (Wildman–Crippen MR) is 61.6 cm³/mol. The van der Waals surface area contributed by atoms with Crippen LogP contribution in [-0.2, 0) is 4.79 Å². The van der Waals surface area contributed by atoms with E-state index in [4.69, 9.17) is 10.2 Å². The third kappa shape index (κ3) is 3.89. The third-order valence-electron chi connectivity index (χ3n) is 3.00. The van der Waals surface area contributed by atoms with Crippen molar-refractivity contribution in [2.45, 2.75) is 32.2 Å². The van der Waals surface area contributed by atoms with Crippen molar-refractivity contribution in [1.29, 1.82) is 0 Å². The molecule has 6 heteroatoms. The van der Waals surface area contributed by atoms with Crippen molar-refractivity contribution in [2.24, 2.45) is 5.92 Å². The molecule has 1 aliphatic heterocycles. The Bertz CT molecular complexity index is 283. The van der Waals surface area contributed by atoms with E-state index in [-0.39, 0.29) is 18.6 Å². The Balaban J connectivity index is 2.45. The summed E-state index contributed by atoms with van der Waals surface area (Å²) < 4.78 is 0. The first-order valence-electron chi connectivity index (χ1n) is 5.97. The van der Waals surface area contributed by atoms with E-state index in [0.29, 0.717) is 25.9 Å². The average Bonchev–Trinajstić information content (AvgIpc) is 2.76. The number of hydrogen-bond acceptors (Lipinski definition) is 3. The minimum absolute atomic E-state index is 0.0705. The van der Waals surface area contributed by atoms with Crippen LogP contribution in [0.5, 0.6) is 0 Å². The smallest absolute Gasteiger partial charge is 0.326 e. The zero-order valence-electron chi connectivity index (χ0n) is 10.1. The lowest BCUT2D eigenvalue weighted by Gasteiger charge is -2.20. The SMILES string of the molecule is CCC[C@@H](NC(=O)N1CCC(CO)C1)C(=O)O. The van der Waals surface area contributed by atoms with Crippen molar-refractivity contribution in [2.75, 3.05) is 19.7 Å². The Morgan fingerprint density at radius 3 is 2.71 bits per heavy atom. The van der Waals surface area contributed by atoms with Crippen LogP contribution in [0, 0.1) is 5.92 Å². The number of hydrogen-bond donors (Lipinski definition) is 3. The van der Waals surface area contributed by atoms with Crippen molar-refractivity contribution in [3.8, 4) is 0 Å². The maximum absolute atomic E-state index is 11.8. The number of aliphatic carboxylic acids is 1. The molecule has 2 amide bonds. The number of carbonyl (C=O) groups is 2. The minimum Gasteiger partial charge on any atom is -0.480 e. The fourth-order valence-corrected chi connectivity index (χ4v) is 1.95. The summed E-state index contributed by atoms with van der Waals surface area (Å²) in [5.74, 6) is -0.881. The zero-order chi connectivity index (χ0) is 12.8. The molecule has 98 valence electrons. The Labute approximate surface area is 101 Å². The van der Waals surface area contributed by atoms with Crippen molar-refractivity contribution in [3.63, 3.8) is 0 Å². The van der Waals surface area contributed by atoms with E-state index in [1.807, 2.05) is 6.92 Å². The van der Waals surface area contributed by atoms with Gasteiger partial charge in [0.15, 0.2) is 0 Å². The van der Waals surface area contributed by atoms with E-state index in [1.165, 1.54) is 0 Å². The third-order valence-corrected chi connectivity index (χ3v) is 3.00. The van der Waals surface area contributed by atoms with Crippen molar-refractivity contribution < 1.29 is 19.8 Å². The molecule has 1 heterocycles. The first-order chi connectivity index (χ1) is 8.08. The molecule has 1 aliphatic rings. The van der Waals surface area contributed by atoms with E-state index in [2.05, 4.69) is 5.32 Å². The second-order valence-electron chi connectivity index (χ2n) is 4.41. The van der Waals surface area contributed by atoms with Gasteiger partial charge in [-0.25, -0.2) is 9.59 Å². The van der Waals surface area contributed by atoms with Crippen molar-refractivity contribution >= 4 is 12.0 Å². The number of likely N-dealkylation sites (tertiary alicyclic amines) is 1. The average molecular weight is 244 g/mol. The molecule has 1 fully saturated rings. The van der Waals surface area contributed by atoms with Gasteiger partial charge in [0.2, 0.25) is 0 Å². The number of aliphatic hydroxyl groups excluding tert-OH is 1. The van der Waals surface area contributed by atoms with Gasteiger partial charge in [-0.3, -0.25) is 0 Å². The minimum atomic E-state index is -1.00. The van der Waals surface area contributed by atoms with E-state index < -0.39 is 12.0 Å². The lowest BCUT2D eigenvalue weighted by molar-refractivity contribution is -0.139. The number of aliphatic hydroxyl groups is 1. The molecule has 1 rings (SSSR count). The molecule has 1 unspecified atom stereocenters. The van der Waals surface area contributed by atoms with Gasteiger partial charge in [0.05, 0.1) is 0 Å². The zero-order valence-corrected chi connectivity index (χ0v) is 10.1. The van der Waals surface area contributed by atoms with Crippen LogP contribution in [-0.4, -0.2) is 52.9 Å². The van der Waals surface area contributed by atoms with Gasteiger partial charge in [-0.15, -0.1) is 0 Å². The molecule has 1 saturated heterocycles. The highest BCUT2D eigenvalue weighted by Gasteiger charge is 2.28. The van der Waals surface area contributed by atoms with Crippen LogP contribution in [0.15, 0.2) is 0 Å². The molecule has 0 aromatic rings. The summed E-state index contributed by atoms with van der Waals surface area (Å²) in [4.78, 5) is 24.2. The Kier molecular flexibility index (Phi) is 5.21. The fourth-order valence-electron chi connectivity index (χ4n) is 1.95. The van der Waals surface area contributed by atoms with Gasteiger partial charge in [0, 0.05) is 25.6 Å². The Morgan fingerprint density at radius 1 is 1.53 bits per heavy atom. The lowest BCUT2D eigenvalue weighted by Crippen LogP contribution is -2.47. The summed E-state index contributed by atoms with van der Waals surface area (Å²) >= 11 is 0. The maximum atomic E-state index is 11.8. The van der Waals surface area contributed by atoms with Gasteiger partial charge in [0.1, 0.15) is 6.04 Å². The number of nitrogens with one attached hydrogen (secondary N) is 1. The monoisotopic (exact) mass is 244 g/mol. The van der Waals surface area contributed by atoms with Crippen LogP contribution in [0.3, 0.4) is 0 Å². The fraction of sp³-hybridized carbons (Fsp3) is 0.818. The molecule has 17 heavy (non-hydrogen) atoms. The molecule has 3 N–H and O–H groups in total. The summed E-state index contributed by atoms with van der Waals surface area (Å²) in [6.07, 6.45) is 1.91. The molecule has 0 spiro atoms. The molecule has 0 radical (unpaired) electrons. The molecule has 0 aliphatic carbocycles. The van der Waals surface area contributed by atoms with Gasteiger partial charge in [-0.1, -0.05) is 13.3 Å². The second-order valence-corrected chi connectivity index (χ2v) is 4.41. The van der Waals surface area contributed by atoms with E-state index in [9.17, 15) is 9.59 Å². The summed E-state index contributed by atoms with van der Waals surface area (Å²) in [6.45, 7) is 3.02. The molecule has 6 nitrogen and oxygen atoms in total. The van der Waals surface area contributed by atoms with Crippen LogP contribution in [0.1, 0.15) is 26.2 Å². The van der Waals surface area contributed by atoms with Gasteiger partial charge < -0.3 is 20.4 Å². The van der Waals surface area contributed by atoms with E-state index in [1.54, 1.807) is 4.90 Å². The number of carboxylic acids is 1. The van der Waals surface area contributed by atoms with Gasteiger partial charge in [0.25, 0.3) is 0 Å². The number of rotatable bonds is 5. The quantitative estimate of drug-likeness (QED) is 0.647. The number of carbonyl (C=O) groups excluding carboxylic acids is 1. The molecule has 0 bridgehead atoms. The van der Waals surface area contributed by atoms with Crippen molar-refractivity contribution in [1.82, 2.24) is 10.2 Å². The summed E-state index contributed by atoms with van der Waals surface area (Å²) in [5.41, 5.74) is 0. The number of nitrogens with zero attached hydrogens (tertiary/aromatic N) is 1. The summed E-state index contributed by atoms with van der Waals surface area (Å²) in [6, 6.07) is -1.16. The summed E-state index contributed by atoms with van der Waals surface area (Å²) in [7, 11) is 0. The first-order valence-corrected chi connectivity index (χ1v) is 5.97. The topological polar surface area (TPSA) is 89.9 Å². The standard InChI is InChI=1S/C11H20N2O4/c1-2-3-9(10(15)16)12-11(17)13-5-4-8(6-13)7-14/h8-9,14H,2-7H2,1H3,(H,12,17)(H,15,16)/t8?,9-/m1/s1. The van der Waals surface area contributed by atoms with Gasteiger partial charge in [-0.2, -0.15) is 0 Å². The maximum Gasteiger partial charge on any atom is 0.326 e. The van der Waals surface area contributed by atoms with Crippen LogP contribution in [0.4, 0.5) is 4.79 Å². The number of urea groups is 1. The normalized spacial score (nSPS) is 21.3. The van der Waals surface area contributed by atoms with Crippen LogP contribution in [0.2, 0.25) is 0 Å². The molecular formula is C11H20N2O4. The largest absolute Gasteiger partial charge is 0.480 e. The second kappa shape index (κ2) is 6.44. The highest BCUT2D eigenvalue weighted by atomic mass is 16.4. The van der Waals surface area contributed by atoms with Crippen molar-refractivity contribution in [3.05, 3.63) is 0 Å². The molecule has 0 aromatic carbocycles. The van der Waals surface area contributed by atoms with Crippen LogP contribution < -0.4 is 5.32 Å². The molecular weight excluding hydrogens is 224 g/mol. The summed E-state index contributed by atoms with van der Waals surface area (Å²) in [5, 5.41) is 20.4. The van der Waals surface area contributed by atoms with E-state index >= 15 is 0 Å². The first kappa shape index (κ1) is 13.8. The van der Waals surface area contributed by atoms with Gasteiger partial charge >= 0.3 is 12.0 Å². The lowest BCUT2D eigenvalue weighted by atomic mass is 10.1. The van der Waals surface area contributed by atoms with E-state index in [0.717, 1.165) is 6.42 Å².